The lowest BCUT2D eigenvalue weighted by Crippen LogP contribution is -2.39. The van der Waals surface area contributed by atoms with E-state index in [0.717, 1.165) is 25.7 Å². The summed E-state index contributed by atoms with van der Waals surface area (Å²) in [6.45, 7) is 0. The number of nitrogens with zero attached hydrogens (tertiary/aromatic N) is 5. The van der Waals surface area contributed by atoms with Gasteiger partial charge >= 0.3 is 0 Å². The maximum Gasteiger partial charge on any atom is 0.179 e. The van der Waals surface area contributed by atoms with Gasteiger partial charge in [-0.05, 0) is 18.4 Å². The topological polar surface area (TPSA) is 75.8 Å². The third kappa shape index (κ3) is 2.27. The molecule has 0 aromatic rings. The molecular formula is C8H13N5. The van der Waals surface area contributed by atoms with Crippen LogP contribution in [0.2, 0.25) is 0 Å². The lowest BCUT2D eigenvalue weighted by atomic mass is 9.90. The third-order valence-corrected chi connectivity index (χ3v) is 2.55. The molecule has 0 amide bonds. The molecule has 70 valence electrons. The first-order chi connectivity index (χ1) is 6.29. The van der Waals surface area contributed by atoms with Crippen LogP contribution in [0.1, 0.15) is 25.7 Å². The molecule has 1 aliphatic rings. The molecule has 0 radical (unpaired) electrons. The molecule has 1 rings (SSSR count). The molecule has 0 N–H and O–H groups in total. The number of azide groups is 1. The average Bonchev–Trinajstić information content (AvgIpc) is 2.18. The van der Waals surface area contributed by atoms with Gasteiger partial charge in [0.15, 0.2) is 6.19 Å². The van der Waals surface area contributed by atoms with E-state index >= 15 is 0 Å². The summed E-state index contributed by atoms with van der Waals surface area (Å²) < 4.78 is 0. The first-order valence-electron chi connectivity index (χ1n) is 4.46. The molecular weight excluding hydrogens is 166 g/mol. The second-order valence-corrected chi connectivity index (χ2v) is 3.33. The average molecular weight is 179 g/mol. The highest BCUT2D eigenvalue weighted by atomic mass is 15.2. The number of hydrogen-bond donors (Lipinski definition) is 0. The van der Waals surface area contributed by atoms with Crippen LogP contribution >= 0.6 is 0 Å². The van der Waals surface area contributed by atoms with Crippen LogP contribution in [0.15, 0.2) is 5.11 Å². The Morgan fingerprint density at radius 2 is 2.23 bits per heavy atom. The molecule has 1 fully saturated rings. The zero-order chi connectivity index (χ0) is 9.68. The van der Waals surface area contributed by atoms with Gasteiger partial charge in [0, 0.05) is 18.0 Å². The molecule has 0 aliphatic heterocycles. The van der Waals surface area contributed by atoms with Crippen molar-refractivity contribution >= 4 is 0 Å². The molecule has 13 heavy (non-hydrogen) atoms. The fraction of sp³-hybridized carbons (Fsp3) is 0.875. The van der Waals surface area contributed by atoms with Crippen LogP contribution in [0.5, 0.6) is 0 Å². The quantitative estimate of drug-likeness (QED) is 0.214. The van der Waals surface area contributed by atoms with E-state index in [1.165, 1.54) is 0 Å². The molecule has 0 spiro atoms. The molecule has 5 nitrogen and oxygen atoms in total. The first kappa shape index (κ1) is 9.69. The summed E-state index contributed by atoms with van der Waals surface area (Å²) >= 11 is 0. The van der Waals surface area contributed by atoms with E-state index in [4.69, 9.17) is 10.8 Å². The first-order valence-corrected chi connectivity index (χ1v) is 4.46. The third-order valence-electron chi connectivity index (χ3n) is 2.55. The van der Waals surface area contributed by atoms with Crippen molar-refractivity contribution in [1.82, 2.24) is 4.90 Å². The van der Waals surface area contributed by atoms with E-state index in [-0.39, 0.29) is 12.1 Å². The van der Waals surface area contributed by atoms with Crippen molar-refractivity contribution in [1.29, 1.82) is 5.26 Å². The van der Waals surface area contributed by atoms with Crippen molar-refractivity contribution in [3.63, 3.8) is 0 Å². The van der Waals surface area contributed by atoms with Gasteiger partial charge in [0.25, 0.3) is 0 Å². The summed E-state index contributed by atoms with van der Waals surface area (Å²) in [5.74, 6) is 0. The predicted octanol–water partition coefficient (Wildman–Crippen LogP) is 2.02. The normalized spacial score (nSPS) is 27.1. The van der Waals surface area contributed by atoms with Crippen molar-refractivity contribution < 1.29 is 0 Å². The lowest BCUT2D eigenvalue weighted by Gasteiger charge is -2.32. The summed E-state index contributed by atoms with van der Waals surface area (Å²) in [5.41, 5.74) is 8.35. The largest absolute Gasteiger partial charge is 0.310 e. The molecule has 1 saturated carbocycles. The Bertz CT molecular complexity index is 250. The highest BCUT2D eigenvalue weighted by molar-refractivity contribution is 4.91. The maximum atomic E-state index is 8.71. The summed E-state index contributed by atoms with van der Waals surface area (Å²) in [6.07, 6.45) is 6.14. The Morgan fingerprint density at radius 1 is 1.54 bits per heavy atom. The van der Waals surface area contributed by atoms with E-state index in [9.17, 15) is 0 Å². The van der Waals surface area contributed by atoms with Crippen LogP contribution < -0.4 is 0 Å². The zero-order valence-electron chi connectivity index (χ0n) is 7.72. The summed E-state index contributed by atoms with van der Waals surface area (Å²) in [7, 11) is 1.75. The smallest absolute Gasteiger partial charge is 0.179 e. The van der Waals surface area contributed by atoms with Crippen LogP contribution in [0.3, 0.4) is 0 Å². The van der Waals surface area contributed by atoms with Gasteiger partial charge in [0.1, 0.15) is 0 Å². The summed E-state index contributed by atoms with van der Waals surface area (Å²) in [4.78, 5) is 4.41. The monoisotopic (exact) mass is 179 g/mol. The second-order valence-electron chi connectivity index (χ2n) is 3.33. The van der Waals surface area contributed by atoms with Crippen LogP contribution in [0.4, 0.5) is 0 Å². The number of hydrogen-bond acceptors (Lipinski definition) is 3. The number of likely N-dealkylation sites (N-methyl/N-ethyl adjacent to an activating group) is 1. The molecule has 0 heterocycles. The Kier molecular flexibility index (Phi) is 3.41. The summed E-state index contributed by atoms with van der Waals surface area (Å²) in [5, 5.41) is 12.4. The van der Waals surface area contributed by atoms with Gasteiger partial charge in [0.05, 0.1) is 6.04 Å². The molecule has 0 saturated heterocycles. The van der Waals surface area contributed by atoms with Crippen LogP contribution in [-0.4, -0.2) is 24.0 Å². The highest BCUT2D eigenvalue weighted by Gasteiger charge is 2.26. The van der Waals surface area contributed by atoms with Gasteiger partial charge in [-0.3, -0.25) is 0 Å². The maximum absolute atomic E-state index is 8.71. The van der Waals surface area contributed by atoms with Crippen molar-refractivity contribution in [3.05, 3.63) is 10.4 Å². The molecule has 0 aromatic carbocycles. The molecule has 2 atom stereocenters. The fourth-order valence-corrected chi connectivity index (χ4v) is 1.82. The van der Waals surface area contributed by atoms with Gasteiger partial charge in [-0.25, -0.2) is 0 Å². The van der Waals surface area contributed by atoms with E-state index < -0.39 is 0 Å². The van der Waals surface area contributed by atoms with Crippen LogP contribution in [0.25, 0.3) is 10.4 Å². The SMILES string of the molecule is CN(C#N)[C@H]1CCCC[C@H]1N=[N+]=[N-]. The van der Waals surface area contributed by atoms with Gasteiger partial charge in [-0.15, -0.1) is 0 Å². The van der Waals surface area contributed by atoms with Crippen LogP contribution in [-0.2, 0) is 0 Å². The molecule has 0 bridgehead atoms. The molecule has 1 aliphatic carbocycles. The Hall–Kier alpha value is -1.40. The van der Waals surface area contributed by atoms with Crippen molar-refractivity contribution in [2.75, 3.05) is 7.05 Å². The Balaban J connectivity index is 2.67. The minimum absolute atomic E-state index is 0.0246. The predicted molar refractivity (Wildman–Crippen MR) is 48.6 cm³/mol. The van der Waals surface area contributed by atoms with Gasteiger partial charge in [0.2, 0.25) is 0 Å². The van der Waals surface area contributed by atoms with Crippen molar-refractivity contribution in [3.8, 4) is 6.19 Å². The standard InChI is InChI=1S/C8H13N5/c1-13(6-9)8-5-3-2-4-7(8)11-12-10/h7-8H,2-5H2,1H3/t7-,8+/m1/s1. The van der Waals surface area contributed by atoms with Gasteiger partial charge in [-0.2, -0.15) is 5.26 Å². The van der Waals surface area contributed by atoms with Gasteiger partial charge < -0.3 is 4.90 Å². The minimum atomic E-state index is -0.0246. The highest BCUT2D eigenvalue weighted by Crippen LogP contribution is 2.24. The number of nitriles is 1. The summed E-state index contributed by atoms with van der Waals surface area (Å²) in [6, 6.07) is 0.0815. The van der Waals surface area contributed by atoms with Crippen molar-refractivity contribution in [2.24, 2.45) is 5.11 Å². The molecule has 0 unspecified atom stereocenters. The second kappa shape index (κ2) is 4.58. The van der Waals surface area contributed by atoms with E-state index in [0.29, 0.717) is 0 Å². The fourth-order valence-electron chi connectivity index (χ4n) is 1.82. The van der Waals surface area contributed by atoms with Gasteiger partial charge in [-0.1, -0.05) is 18.0 Å². The number of rotatable bonds is 2. The van der Waals surface area contributed by atoms with E-state index in [2.05, 4.69) is 16.2 Å². The zero-order valence-corrected chi connectivity index (χ0v) is 7.72. The van der Waals surface area contributed by atoms with Crippen LogP contribution in [0, 0.1) is 11.5 Å². The van der Waals surface area contributed by atoms with E-state index in [1.54, 1.807) is 11.9 Å². The van der Waals surface area contributed by atoms with E-state index in [1.807, 2.05) is 0 Å². The molecule has 5 heteroatoms. The lowest BCUT2D eigenvalue weighted by molar-refractivity contribution is 0.231. The minimum Gasteiger partial charge on any atom is -0.310 e. The Labute approximate surface area is 77.6 Å². The van der Waals surface area contributed by atoms with Crippen molar-refractivity contribution in [2.45, 2.75) is 37.8 Å². The Morgan fingerprint density at radius 3 is 2.85 bits per heavy atom. The molecule has 0 aromatic heterocycles.